The van der Waals surface area contributed by atoms with Gasteiger partial charge in [0.2, 0.25) is 10.0 Å². The molecule has 0 radical (unpaired) electrons. The average molecular weight is 487 g/mol. The Bertz CT molecular complexity index is 999. The van der Waals surface area contributed by atoms with Gasteiger partial charge in [-0.2, -0.15) is 12.7 Å². The van der Waals surface area contributed by atoms with Gasteiger partial charge in [0.25, 0.3) is 16.0 Å². The van der Waals surface area contributed by atoms with Crippen molar-refractivity contribution >= 4 is 26.2 Å². The molecule has 0 aromatic heterocycles. The van der Waals surface area contributed by atoms with Gasteiger partial charge in [0.1, 0.15) is 17.8 Å². The first-order valence-electron chi connectivity index (χ1n) is 9.07. The highest BCUT2D eigenvalue weighted by molar-refractivity contribution is 7.89. The quantitative estimate of drug-likeness (QED) is 0.515. The SMILES string of the molecule is CCS(=O)(=O)N(Cc1ccc(OC)cc1)[C@@H]1CN(C(=O)O)[C@H](COS(C)(=O)=O)C1(F)F. The Kier molecular flexibility index (Phi) is 7.51. The van der Waals surface area contributed by atoms with Crippen LogP contribution in [0.25, 0.3) is 0 Å². The van der Waals surface area contributed by atoms with Crippen molar-refractivity contribution in [2.45, 2.75) is 31.5 Å². The van der Waals surface area contributed by atoms with Crippen LogP contribution in [0.3, 0.4) is 0 Å². The van der Waals surface area contributed by atoms with Crippen molar-refractivity contribution in [1.82, 2.24) is 9.21 Å². The lowest BCUT2D eigenvalue weighted by Crippen LogP contribution is -2.53. The highest BCUT2D eigenvalue weighted by atomic mass is 32.2. The number of likely N-dealkylation sites (tertiary alicyclic amines) is 1. The van der Waals surface area contributed by atoms with E-state index >= 15 is 8.78 Å². The van der Waals surface area contributed by atoms with Crippen molar-refractivity contribution in [2.75, 3.05) is 32.3 Å². The topological polar surface area (TPSA) is 131 Å². The van der Waals surface area contributed by atoms with Crippen LogP contribution < -0.4 is 4.74 Å². The minimum atomic E-state index is -4.20. The van der Waals surface area contributed by atoms with Gasteiger partial charge in [0.15, 0.2) is 0 Å². The maximum atomic E-state index is 15.3. The third-order valence-corrected chi connectivity index (χ3v) is 7.28. The number of hydrogen-bond donors (Lipinski definition) is 1. The first-order valence-corrected chi connectivity index (χ1v) is 12.5. The number of carboxylic acid groups (broad SMARTS) is 1. The second-order valence-electron chi connectivity index (χ2n) is 6.92. The predicted molar refractivity (Wildman–Crippen MR) is 106 cm³/mol. The van der Waals surface area contributed by atoms with Crippen molar-refractivity contribution in [3.05, 3.63) is 29.8 Å². The second kappa shape index (κ2) is 9.22. The molecule has 1 fully saturated rings. The molecule has 0 spiro atoms. The average Bonchev–Trinajstić information content (AvgIpc) is 2.94. The van der Waals surface area contributed by atoms with Gasteiger partial charge in [0, 0.05) is 13.1 Å². The summed E-state index contributed by atoms with van der Waals surface area (Å²) < 4.78 is 88.4. The highest BCUT2D eigenvalue weighted by Gasteiger charge is 2.61. The minimum Gasteiger partial charge on any atom is -0.497 e. The zero-order chi connectivity index (χ0) is 23.6. The number of carbonyl (C=O) groups is 1. The van der Waals surface area contributed by atoms with Crippen LogP contribution in [0, 0.1) is 0 Å². The fourth-order valence-electron chi connectivity index (χ4n) is 3.23. The number of rotatable bonds is 9. The van der Waals surface area contributed by atoms with Gasteiger partial charge in [-0.25, -0.2) is 22.0 Å². The summed E-state index contributed by atoms with van der Waals surface area (Å²) in [6, 6.07) is 1.84. The Balaban J connectivity index is 2.44. The van der Waals surface area contributed by atoms with Crippen molar-refractivity contribution in [2.24, 2.45) is 0 Å². The van der Waals surface area contributed by atoms with Gasteiger partial charge >= 0.3 is 6.09 Å². The standard InChI is InChI=1S/C17H24F2N2O8S2/c1-4-31(26,27)21(9-12-5-7-13(28-2)8-6-12)14-10-20(16(22)23)15(17(14,18)19)11-29-30(3,24)25/h5-8,14-15H,4,9-11H2,1-3H3,(H,22,23)/t14-,15-/m1/s1. The van der Waals surface area contributed by atoms with Crippen LogP contribution in [0.2, 0.25) is 0 Å². The summed E-state index contributed by atoms with van der Waals surface area (Å²) in [5.41, 5.74) is 0.381. The molecule has 1 N–H and O–H groups in total. The van der Waals surface area contributed by atoms with Gasteiger partial charge in [-0.05, 0) is 24.6 Å². The second-order valence-corrected chi connectivity index (χ2v) is 10.8. The van der Waals surface area contributed by atoms with Crippen LogP contribution in [0.1, 0.15) is 12.5 Å². The summed E-state index contributed by atoms with van der Waals surface area (Å²) in [4.78, 5) is 11.9. The number of amides is 1. The molecule has 1 amide bonds. The number of hydrogen-bond acceptors (Lipinski definition) is 7. The van der Waals surface area contributed by atoms with E-state index in [0.717, 1.165) is 0 Å². The zero-order valence-electron chi connectivity index (χ0n) is 17.1. The highest BCUT2D eigenvalue weighted by Crippen LogP contribution is 2.39. The molecule has 10 nitrogen and oxygen atoms in total. The Hall–Kier alpha value is -2.03. The monoisotopic (exact) mass is 486 g/mol. The molecule has 1 aromatic carbocycles. The van der Waals surface area contributed by atoms with E-state index in [0.29, 0.717) is 26.8 Å². The number of benzene rings is 1. The van der Waals surface area contributed by atoms with Gasteiger partial charge in [-0.1, -0.05) is 12.1 Å². The maximum Gasteiger partial charge on any atom is 0.407 e. The molecule has 0 saturated carbocycles. The first kappa shape index (κ1) is 25.2. The molecule has 1 saturated heterocycles. The van der Waals surface area contributed by atoms with Crippen LogP contribution in [0.4, 0.5) is 13.6 Å². The van der Waals surface area contributed by atoms with Crippen LogP contribution in [-0.2, 0) is 30.9 Å². The van der Waals surface area contributed by atoms with Crippen LogP contribution in [-0.4, -0.2) is 87.5 Å². The minimum absolute atomic E-state index is 0.308. The summed E-state index contributed by atoms with van der Waals surface area (Å²) >= 11 is 0. The third kappa shape index (κ3) is 5.81. The molecule has 14 heteroatoms. The number of nitrogens with zero attached hydrogens (tertiary/aromatic N) is 2. The molecule has 176 valence electrons. The molecule has 2 rings (SSSR count). The van der Waals surface area contributed by atoms with E-state index < -0.39 is 69.7 Å². The van der Waals surface area contributed by atoms with Crippen molar-refractivity contribution in [3.8, 4) is 5.75 Å². The number of alkyl halides is 2. The molecule has 0 bridgehead atoms. The first-order chi connectivity index (χ1) is 14.2. The Morgan fingerprint density at radius 1 is 1.26 bits per heavy atom. The number of ether oxygens (including phenoxy) is 1. The Morgan fingerprint density at radius 2 is 1.84 bits per heavy atom. The van der Waals surface area contributed by atoms with Crippen molar-refractivity contribution < 1.29 is 44.4 Å². The summed E-state index contributed by atoms with van der Waals surface area (Å²) in [5.74, 6) is -3.93. The van der Waals surface area contributed by atoms with Crippen molar-refractivity contribution in [3.63, 3.8) is 0 Å². The Morgan fingerprint density at radius 3 is 2.29 bits per heavy atom. The molecular weight excluding hydrogens is 462 g/mol. The maximum absolute atomic E-state index is 15.3. The molecule has 2 atom stereocenters. The molecule has 1 aliphatic heterocycles. The van der Waals surface area contributed by atoms with E-state index in [9.17, 15) is 26.7 Å². The van der Waals surface area contributed by atoms with E-state index in [2.05, 4.69) is 4.18 Å². The largest absolute Gasteiger partial charge is 0.497 e. The van der Waals surface area contributed by atoms with Crippen molar-refractivity contribution in [1.29, 1.82) is 0 Å². The number of methoxy groups -OCH3 is 1. The van der Waals surface area contributed by atoms with E-state index in [-0.39, 0.29) is 0 Å². The molecule has 1 aliphatic rings. The van der Waals surface area contributed by atoms with E-state index in [1.54, 1.807) is 0 Å². The fraction of sp³-hybridized carbons (Fsp3) is 0.588. The molecule has 31 heavy (non-hydrogen) atoms. The van der Waals surface area contributed by atoms with E-state index in [4.69, 9.17) is 4.74 Å². The van der Waals surface area contributed by atoms with Crippen LogP contribution in [0.5, 0.6) is 5.75 Å². The lowest BCUT2D eigenvalue weighted by Gasteiger charge is -2.32. The van der Waals surface area contributed by atoms with Gasteiger partial charge in [-0.3, -0.25) is 9.08 Å². The lowest BCUT2D eigenvalue weighted by atomic mass is 10.1. The fourth-order valence-corrected chi connectivity index (χ4v) is 4.88. The van der Waals surface area contributed by atoms with E-state index in [1.165, 1.54) is 38.3 Å². The summed E-state index contributed by atoms with van der Waals surface area (Å²) in [6.07, 6.45) is -1.11. The predicted octanol–water partition coefficient (Wildman–Crippen LogP) is 1.19. The van der Waals surface area contributed by atoms with Crippen LogP contribution in [0.15, 0.2) is 24.3 Å². The number of sulfonamides is 1. The summed E-state index contributed by atoms with van der Waals surface area (Å²) in [5, 5.41) is 9.36. The third-order valence-electron chi connectivity index (χ3n) is 4.89. The summed E-state index contributed by atoms with van der Waals surface area (Å²) in [6.45, 7) is -1.15. The molecule has 0 aliphatic carbocycles. The van der Waals surface area contributed by atoms with Gasteiger partial charge in [-0.15, -0.1) is 0 Å². The number of halogens is 2. The zero-order valence-corrected chi connectivity index (χ0v) is 18.7. The molecule has 0 unspecified atom stereocenters. The molecular formula is C17H24F2N2O8S2. The van der Waals surface area contributed by atoms with Crippen LogP contribution >= 0.6 is 0 Å². The summed E-state index contributed by atoms with van der Waals surface area (Å²) in [7, 11) is -6.90. The van der Waals surface area contributed by atoms with Gasteiger partial charge < -0.3 is 9.84 Å². The normalized spacial score (nSPS) is 21.4. The van der Waals surface area contributed by atoms with E-state index in [1.807, 2.05) is 0 Å². The molecule has 1 aromatic rings. The lowest BCUT2D eigenvalue weighted by molar-refractivity contribution is -0.0738. The smallest absolute Gasteiger partial charge is 0.407 e. The Labute approximate surface area is 179 Å². The van der Waals surface area contributed by atoms with Gasteiger partial charge in [0.05, 0.1) is 25.7 Å². The molecule has 1 heterocycles.